The van der Waals surface area contributed by atoms with Gasteiger partial charge in [-0.05, 0) is 38.3 Å². The molecule has 1 saturated carbocycles. The molecule has 1 aliphatic carbocycles. The summed E-state index contributed by atoms with van der Waals surface area (Å²) < 4.78 is 0. The molecule has 3 rings (SSSR count). The van der Waals surface area contributed by atoms with Crippen molar-refractivity contribution in [2.24, 2.45) is 5.92 Å². The monoisotopic (exact) mass is 289 g/mol. The topological polar surface area (TPSA) is 44.3 Å². The summed E-state index contributed by atoms with van der Waals surface area (Å²) in [6, 6.07) is 3.32. The Morgan fingerprint density at radius 1 is 1.14 bits per heavy atom. The van der Waals surface area contributed by atoms with Crippen LogP contribution in [0.3, 0.4) is 0 Å². The van der Waals surface area contributed by atoms with Crippen LogP contribution in [0.5, 0.6) is 0 Å². The number of hydrogen-bond acceptors (Lipinski definition) is 5. The van der Waals surface area contributed by atoms with Crippen LogP contribution in [0.1, 0.15) is 26.7 Å². The van der Waals surface area contributed by atoms with Crippen LogP contribution < -0.4 is 10.2 Å². The molecule has 2 heterocycles. The highest BCUT2D eigenvalue weighted by atomic mass is 15.3. The second-order valence-corrected chi connectivity index (χ2v) is 6.47. The van der Waals surface area contributed by atoms with E-state index in [0.717, 1.165) is 44.7 Å². The van der Waals surface area contributed by atoms with E-state index in [0.29, 0.717) is 12.0 Å². The Balaban J connectivity index is 1.45. The van der Waals surface area contributed by atoms with Gasteiger partial charge in [0.1, 0.15) is 0 Å². The fourth-order valence-corrected chi connectivity index (χ4v) is 2.95. The lowest BCUT2D eigenvalue weighted by Gasteiger charge is -2.40. The number of nitrogens with one attached hydrogen (secondary N) is 1. The summed E-state index contributed by atoms with van der Waals surface area (Å²) in [7, 11) is 0. The molecule has 0 spiro atoms. The first-order valence-corrected chi connectivity index (χ1v) is 8.23. The minimum atomic E-state index is 0.634. The lowest BCUT2D eigenvalue weighted by atomic mass is 10.0. The number of anilines is 1. The first kappa shape index (κ1) is 14.7. The van der Waals surface area contributed by atoms with Crippen LogP contribution in [-0.4, -0.2) is 59.7 Å². The first-order chi connectivity index (χ1) is 10.2. The molecular formula is C16H27N5. The quantitative estimate of drug-likeness (QED) is 0.857. The fourth-order valence-electron chi connectivity index (χ4n) is 2.95. The summed E-state index contributed by atoms with van der Waals surface area (Å²) in [5, 5.41) is 3.65. The molecule has 2 fully saturated rings. The van der Waals surface area contributed by atoms with Crippen LogP contribution in [0, 0.1) is 5.92 Å². The van der Waals surface area contributed by atoms with Crippen LogP contribution in [0.2, 0.25) is 0 Å². The first-order valence-electron chi connectivity index (χ1n) is 8.23. The molecule has 0 radical (unpaired) electrons. The Morgan fingerprint density at radius 2 is 1.81 bits per heavy atom. The molecule has 1 N–H and O–H groups in total. The predicted octanol–water partition coefficient (Wildman–Crippen LogP) is 1.38. The van der Waals surface area contributed by atoms with Crippen molar-refractivity contribution >= 4 is 5.95 Å². The summed E-state index contributed by atoms with van der Waals surface area (Å²) in [4.78, 5) is 13.6. The molecule has 2 atom stereocenters. The highest BCUT2D eigenvalue weighted by Gasteiger charge is 2.27. The summed E-state index contributed by atoms with van der Waals surface area (Å²) in [5.74, 6) is 1.57. The second kappa shape index (κ2) is 6.71. The summed E-state index contributed by atoms with van der Waals surface area (Å²) in [5.41, 5.74) is 0. The maximum absolute atomic E-state index is 4.35. The lowest BCUT2D eigenvalue weighted by molar-refractivity contribution is 0.150. The van der Waals surface area contributed by atoms with Crippen LogP contribution in [0.25, 0.3) is 0 Å². The number of nitrogens with zero attached hydrogens (tertiary/aromatic N) is 4. The molecule has 5 nitrogen and oxygen atoms in total. The van der Waals surface area contributed by atoms with Gasteiger partial charge in [0.25, 0.3) is 0 Å². The SMILES string of the molecule is CC(CNC1CC1)C(C)N1CCN(c2ncccn2)CC1. The molecule has 5 heteroatoms. The highest BCUT2D eigenvalue weighted by Crippen LogP contribution is 2.20. The van der Waals surface area contributed by atoms with E-state index < -0.39 is 0 Å². The second-order valence-electron chi connectivity index (χ2n) is 6.47. The van der Waals surface area contributed by atoms with Crippen LogP contribution in [0.4, 0.5) is 5.95 Å². The minimum absolute atomic E-state index is 0.634. The van der Waals surface area contributed by atoms with Crippen molar-refractivity contribution in [1.29, 1.82) is 0 Å². The number of rotatable bonds is 6. The Bertz CT molecular complexity index is 426. The van der Waals surface area contributed by atoms with Gasteiger partial charge in [-0.2, -0.15) is 0 Å². The van der Waals surface area contributed by atoms with Gasteiger partial charge in [-0.15, -0.1) is 0 Å². The average molecular weight is 289 g/mol. The van der Waals surface area contributed by atoms with Crippen molar-refractivity contribution in [3.05, 3.63) is 18.5 Å². The van der Waals surface area contributed by atoms with Crippen LogP contribution in [0.15, 0.2) is 18.5 Å². The van der Waals surface area contributed by atoms with E-state index in [2.05, 4.69) is 38.9 Å². The standard InChI is InChI=1S/C16H27N5/c1-13(12-19-15-4-5-15)14(2)20-8-10-21(11-9-20)16-17-6-3-7-18-16/h3,6-7,13-15,19H,4-5,8-12H2,1-2H3. The fraction of sp³-hybridized carbons (Fsp3) is 0.750. The summed E-state index contributed by atoms with van der Waals surface area (Å²) >= 11 is 0. The van der Waals surface area contributed by atoms with Crippen LogP contribution in [-0.2, 0) is 0 Å². The predicted molar refractivity (Wildman–Crippen MR) is 85.5 cm³/mol. The number of piperazine rings is 1. The normalized spacial score (nSPS) is 23.0. The zero-order valence-electron chi connectivity index (χ0n) is 13.2. The van der Waals surface area contributed by atoms with Gasteiger partial charge < -0.3 is 10.2 Å². The Labute approximate surface area is 127 Å². The van der Waals surface area contributed by atoms with Crippen molar-refractivity contribution in [1.82, 2.24) is 20.2 Å². The van der Waals surface area contributed by atoms with Gasteiger partial charge in [0.05, 0.1) is 0 Å². The molecule has 116 valence electrons. The van der Waals surface area contributed by atoms with Gasteiger partial charge in [-0.25, -0.2) is 9.97 Å². The van der Waals surface area contributed by atoms with Gasteiger partial charge >= 0.3 is 0 Å². The Kier molecular flexibility index (Phi) is 4.70. The lowest BCUT2D eigenvalue weighted by Crippen LogP contribution is -2.52. The molecule has 1 aromatic rings. The molecule has 2 unspecified atom stereocenters. The molecule has 1 aliphatic heterocycles. The summed E-state index contributed by atoms with van der Waals surface area (Å²) in [6.07, 6.45) is 6.39. The molecule has 0 bridgehead atoms. The average Bonchev–Trinajstić information content (AvgIpc) is 3.37. The van der Waals surface area contributed by atoms with E-state index in [4.69, 9.17) is 0 Å². The third-order valence-electron chi connectivity index (χ3n) is 4.85. The molecule has 1 saturated heterocycles. The zero-order chi connectivity index (χ0) is 14.7. The largest absolute Gasteiger partial charge is 0.338 e. The molecular weight excluding hydrogens is 262 g/mol. The van der Waals surface area contributed by atoms with E-state index in [1.54, 1.807) is 0 Å². The Morgan fingerprint density at radius 3 is 2.43 bits per heavy atom. The Hall–Kier alpha value is -1.20. The molecule has 0 aromatic carbocycles. The van der Waals surface area contributed by atoms with Gasteiger partial charge in [0.2, 0.25) is 5.95 Å². The van der Waals surface area contributed by atoms with Gasteiger partial charge in [-0.3, -0.25) is 4.90 Å². The van der Waals surface area contributed by atoms with E-state index in [9.17, 15) is 0 Å². The number of aromatic nitrogens is 2. The molecule has 0 amide bonds. The van der Waals surface area contributed by atoms with E-state index in [-0.39, 0.29) is 0 Å². The highest BCUT2D eigenvalue weighted by molar-refractivity contribution is 5.29. The van der Waals surface area contributed by atoms with Crippen molar-refractivity contribution in [3.8, 4) is 0 Å². The maximum atomic E-state index is 4.35. The van der Waals surface area contributed by atoms with E-state index in [1.165, 1.54) is 12.8 Å². The van der Waals surface area contributed by atoms with Crippen molar-refractivity contribution < 1.29 is 0 Å². The van der Waals surface area contributed by atoms with Crippen LogP contribution >= 0.6 is 0 Å². The number of hydrogen-bond donors (Lipinski definition) is 1. The molecule has 21 heavy (non-hydrogen) atoms. The maximum Gasteiger partial charge on any atom is 0.225 e. The van der Waals surface area contributed by atoms with Crippen molar-refractivity contribution in [2.45, 2.75) is 38.8 Å². The summed E-state index contributed by atoms with van der Waals surface area (Å²) in [6.45, 7) is 10.1. The van der Waals surface area contributed by atoms with Gasteiger partial charge in [0, 0.05) is 50.7 Å². The zero-order valence-corrected chi connectivity index (χ0v) is 13.2. The third-order valence-corrected chi connectivity index (χ3v) is 4.85. The molecule has 1 aromatic heterocycles. The van der Waals surface area contributed by atoms with Gasteiger partial charge in [-0.1, -0.05) is 6.92 Å². The smallest absolute Gasteiger partial charge is 0.225 e. The van der Waals surface area contributed by atoms with E-state index in [1.807, 2.05) is 18.5 Å². The minimum Gasteiger partial charge on any atom is -0.338 e. The van der Waals surface area contributed by atoms with Crippen molar-refractivity contribution in [2.75, 3.05) is 37.6 Å². The van der Waals surface area contributed by atoms with Crippen molar-refractivity contribution in [3.63, 3.8) is 0 Å². The molecule has 2 aliphatic rings. The third kappa shape index (κ3) is 3.92. The van der Waals surface area contributed by atoms with E-state index >= 15 is 0 Å². The van der Waals surface area contributed by atoms with Gasteiger partial charge in [0.15, 0.2) is 0 Å².